The van der Waals surface area contributed by atoms with E-state index in [9.17, 15) is 4.79 Å². The fraction of sp³-hybridized carbons (Fsp3) is 0.571. The van der Waals surface area contributed by atoms with Crippen molar-refractivity contribution < 1.29 is 9.53 Å². The summed E-state index contributed by atoms with van der Waals surface area (Å²) in [4.78, 5) is 10.8. The van der Waals surface area contributed by atoms with Crippen molar-refractivity contribution >= 4 is 5.97 Å². The van der Waals surface area contributed by atoms with Gasteiger partial charge in [-0.3, -0.25) is 0 Å². The van der Waals surface area contributed by atoms with E-state index in [4.69, 9.17) is 0 Å². The molecule has 0 bridgehead atoms. The highest BCUT2D eigenvalue weighted by molar-refractivity contribution is 5.88. The molecule has 0 spiro atoms. The Balaban J connectivity index is 3.60. The van der Waals surface area contributed by atoms with Crippen LogP contribution in [0.5, 0.6) is 0 Å². The molecular formula is C7H13NO2. The standard InChI is InChI=1S/C7H13NO2/c1-4-10-7(9)6(2)5-8-3/h8H,2,4-5H2,1,3H3. The van der Waals surface area contributed by atoms with E-state index in [0.717, 1.165) is 0 Å². The summed E-state index contributed by atoms with van der Waals surface area (Å²) in [5.41, 5.74) is 0.462. The fourth-order valence-electron chi connectivity index (χ4n) is 0.519. The summed E-state index contributed by atoms with van der Waals surface area (Å²) >= 11 is 0. The highest BCUT2D eigenvalue weighted by atomic mass is 16.5. The molecule has 0 aliphatic heterocycles. The molecule has 0 aliphatic rings. The van der Waals surface area contributed by atoms with Crippen molar-refractivity contribution in [2.75, 3.05) is 20.2 Å². The van der Waals surface area contributed by atoms with Gasteiger partial charge in [-0.1, -0.05) is 6.58 Å². The van der Waals surface area contributed by atoms with Crippen LogP contribution in [0.3, 0.4) is 0 Å². The van der Waals surface area contributed by atoms with Crippen LogP contribution in [-0.4, -0.2) is 26.2 Å². The van der Waals surface area contributed by atoms with E-state index < -0.39 is 0 Å². The van der Waals surface area contributed by atoms with Gasteiger partial charge in [0.05, 0.1) is 6.61 Å². The van der Waals surface area contributed by atoms with Crippen molar-refractivity contribution in [2.24, 2.45) is 0 Å². The molecule has 10 heavy (non-hydrogen) atoms. The highest BCUT2D eigenvalue weighted by Gasteiger charge is 2.04. The maximum Gasteiger partial charge on any atom is 0.334 e. The molecule has 0 heterocycles. The molecule has 3 nitrogen and oxygen atoms in total. The average molecular weight is 143 g/mol. The lowest BCUT2D eigenvalue weighted by Gasteiger charge is -2.02. The number of ether oxygens (including phenoxy) is 1. The average Bonchev–Trinajstić information content (AvgIpc) is 1.89. The second-order valence-corrected chi connectivity index (χ2v) is 1.85. The summed E-state index contributed by atoms with van der Waals surface area (Å²) in [5.74, 6) is -0.322. The van der Waals surface area contributed by atoms with Gasteiger partial charge in [-0.2, -0.15) is 0 Å². The molecule has 0 saturated heterocycles. The van der Waals surface area contributed by atoms with Gasteiger partial charge in [0.2, 0.25) is 0 Å². The molecule has 0 saturated carbocycles. The molecule has 0 fully saturated rings. The molecule has 3 heteroatoms. The number of hydrogen-bond donors (Lipinski definition) is 1. The lowest BCUT2D eigenvalue weighted by Crippen LogP contribution is -2.17. The van der Waals surface area contributed by atoms with Crippen LogP contribution in [0.25, 0.3) is 0 Å². The summed E-state index contributed by atoms with van der Waals surface area (Å²) in [6, 6.07) is 0. The predicted octanol–water partition coefficient (Wildman–Crippen LogP) is 0.325. The molecule has 0 radical (unpaired) electrons. The van der Waals surface area contributed by atoms with E-state index >= 15 is 0 Å². The first kappa shape index (κ1) is 9.17. The lowest BCUT2D eigenvalue weighted by atomic mass is 10.3. The molecule has 58 valence electrons. The van der Waals surface area contributed by atoms with Crippen LogP contribution in [0.2, 0.25) is 0 Å². The molecule has 0 aromatic heterocycles. The highest BCUT2D eigenvalue weighted by Crippen LogP contribution is 1.91. The molecule has 0 unspecified atom stereocenters. The summed E-state index contributed by atoms with van der Waals surface area (Å²) < 4.78 is 4.68. The zero-order valence-electron chi connectivity index (χ0n) is 6.44. The minimum absolute atomic E-state index is 0.322. The van der Waals surface area contributed by atoms with Gasteiger partial charge in [0, 0.05) is 12.1 Å². The van der Waals surface area contributed by atoms with Crippen molar-refractivity contribution in [3.05, 3.63) is 12.2 Å². The van der Waals surface area contributed by atoms with Crippen molar-refractivity contribution in [2.45, 2.75) is 6.92 Å². The third kappa shape index (κ3) is 3.25. The quantitative estimate of drug-likeness (QED) is 0.455. The molecule has 0 amide bonds. The van der Waals surface area contributed by atoms with Gasteiger partial charge >= 0.3 is 5.97 Å². The summed E-state index contributed by atoms with van der Waals surface area (Å²) in [5, 5.41) is 2.81. The van der Waals surface area contributed by atoms with Gasteiger partial charge in [-0.05, 0) is 14.0 Å². The monoisotopic (exact) mass is 143 g/mol. The molecule has 0 rings (SSSR count). The number of nitrogens with one attached hydrogen (secondary N) is 1. The number of rotatable bonds is 4. The van der Waals surface area contributed by atoms with E-state index in [-0.39, 0.29) is 5.97 Å². The van der Waals surface area contributed by atoms with Crippen LogP contribution < -0.4 is 5.32 Å². The predicted molar refractivity (Wildman–Crippen MR) is 39.7 cm³/mol. The lowest BCUT2D eigenvalue weighted by molar-refractivity contribution is -0.138. The van der Waals surface area contributed by atoms with Crippen LogP contribution in [0.15, 0.2) is 12.2 Å². The maximum absolute atomic E-state index is 10.8. The van der Waals surface area contributed by atoms with Crippen LogP contribution in [0.4, 0.5) is 0 Å². The molecule has 0 aromatic carbocycles. The minimum atomic E-state index is -0.322. The zero-order valence-corrected chi connectivity index (χ0v) is 6.44. The first-order valence-electron chi connectivity index (χ1n) is 3.21. The van der Waals surface area contributed by atoms with Crippen molar-refractivity contribution in [3.8, 4) is 0 Å². The van der Waals surface area contributed by atoms with E-state index in [1.165, 1.54) is 0 Å². The number of likely N-dealkylation sites (N-methyl/N-ethyl adjacent to an activating group) is 1. The second kappa shape index (κ2) is 4.99. The second-order valence-electron chi connectivity index (χ2n) is 1.85. The van der Waals surface area contributed by atoms with E-state index in [2.05, 4.69) is 16.6 Å². The van der Waals surface area contributed by atoms with Crippen molar-refractivity contribution in [3.63, 3.8) is 0 Å². The van der Waals surface area contributed by atoms with Crippen LogP contribution >= 0.6 is 0 Å². The van der Waals surface area contributed by atoms with Gasteiger partial charge in [0.15, 0.2) is 0 Å². The smallest absolute Gasteiger partial charge is 0.334 e. The third-order valence-electron chi connectivity index (χ3n) is 0.954. The number of carbonyl (C=O) groups excluding carboxylic acids is 1. The van der Waals surface area contributed by atoms with E-state index in [1.807, 2.05) is 0 Å². The first-order chi connectivity index (χ1) is 4.72. The molecule has 1 N–H and O–H groups in total. The van der Waals surface area contributed by atoms with Gasteiger partial charge in [-0.15, -0.1) is 0 Å². The third-order valence-corrected chi connectivity index (χ3v) is 0.954. The molecule has 0 aromatic rings. The van der Waals surface area contributed by atoms with E-state index in [0.29, 0.717) is 18.7 Å². The summed E-state index contributed by atoms with van der Waals surface area (Å²) in [7, 11) is 1.75. The van der Waals surface area contributed by atoms with Gasteiger partial charge in [0.25, 0.3) is 0 Å². The van der Waals surface area contributed by atoms with Gasteiger partial charge in [-0.25, -0.2) is 4.79 Å². The van der Waals surface area contributed by atoms with Gasteiger partial charge < -0.3 is 10.1 Å². The first-order valence-corrected chi connectivity index (χ1v) is 3.21. The Morgan fingerprint density at radius 3 is 2.70 bits per heavy atom. The van der Waals surface area contributed by atoms with Crippen LogP contribution in [0.1, 0.15) is 6.92 Å². The summed E-state index contributed by atoms with van der Waals surface area (Å²) in [6.07, 6.45) is 0. The topological polar surface area (TPSA) is 38.3 Å². The Morgan fingerprint density at radius 2 is 2.30 bits per heavy atom. The Morgan fingerprint density at radius 1 is 1.70 bits per heavy atom. The Hall–Kier alpha value is -0.830. The van der Waals surface area contributed by atoms with Crippen LogP contribution in [0, 0.1) is 0 Å². The normalized spacial score (nSPS) is 9.00. The van der Waals surface area contributed by atoms with Crippen LogP contribution in [-0.2, 0) is 9.53 Å². The van der Waals surface area contributed by atoms with Crippen molar-refractivity contribution in [1.82, 2.24) is 5.32 Å². The maximum atomic E-state index is 10.8. The number of hydrogen-bond acceptors (Lipinski definition) is 3. The zero-order chi connectivity index (χ0) is 7.98. The Labute approximate surface area is 61.1 Å². The van der Waals surface area contributed by atoms with E-state index in [1.54, 1.807) is 14.0 Å². The summed E-state index contributed by atoms with van der Waals surface area (Å²) in [6.45, 7) is 6.18. The largest absolute Gasteiger partial charge is 0.463 e. The van der Waals surface area contributed by atoms with Crippen molar-refractivity contribution in [1.29, 1.82) is 0 Å². The SMILES string of the molecule is C=C(CNC)C(=O)OCC. The molecular weight excluding hydrogens is 130 g/mol. The fourth-order valence-corrected chi connectivity index (χ4v) is 0.519. The Kier molecular flexibility index (Phi) is 4.58. The number of carbonyl (C=O) groups is 1. The molecule has 0 atom stereocenters. The minimum Gasteiger partial charge on any atom is -0.463 e. The number of esters is 1. The Bertz CT molecular complexity index is 116. The van der Waals surface area contributed by atoms with Gasteiger partial charge in [0.1, 0.15) is 0 Å². The molecule has 0 aliphatic carbocycles.